The fourth-order valence-corrected chi connectivity index (χ4v) is 1.98. The summed E-state index contributed by atoms with van der Waals surface area (Å²) in [4.78, 5) is 22.5. The highest BCUT2D eigenvalue weighted by Crippen LogP contribution is 2.25. The molecule has 1 unspecified atom stereocenters. The van der Waals surface area contributed by atoms with Crippen LogP contribution in [0.5, 0.6) is 0 Å². The lowest BCUT2D eigenvalue weighted by Gasteiger charge is -2.17. The highest BCUT2D eigenvalue weighted by Gasteiger charge is 2.20. The van der Waals surface area contributed by atoms with Crippen LogP contribution in [0.2, 0.25) is 5.02 Å². The van der Waals surface area contributed by atoms with E-state index < -0.39 is 12.0 Å². The Labute approximate surface area is 124 Å². The van der Waals surface area contributed by atoms with Crippen molar-refractivity contribution in [3.05, 3.63) is 27.7 Å². The van der Waals surface area contributed by atoms with Crippen LogP contribution in [-0.4, -0.2) is 31.6 Å². The van der Waals surface area contributed by atoms with Crippen molar-refractivity contribution >= 4 is 45.1 Å². The fourth-order valence-electron chi connectivity index (χ4n) is 1.43. The average Bonchev–Trinajstić information content (AvgIpc) is 2.36. The molecule has 0 aliphatic heterocycles. The molecule has 0 spiro atoms. The molecule has 0 bridgehead atoms. The third kappa shape index (κ3) is 5.08. The van der Waals surface area contributed by atoms with E-state index in [0.29, 0.717) is 5.02 Å². The van der Waals surface area contributed by atoms with E-state index in [0.717, 1.165) is 10.2 Å². The van der Waals surface area contributed by atoms with Crippen molar-refractivity contribution in [2.75, 3.05) is 19.0 Å². The molecule has 0 aromatic heterocycles. The van der Waals surface area contributed by atoms with E-state index in [9.17, 15) is 9.59 Å². The van der Waals surface area contributed by atoms with Crippen molar-refractivity contribution in [1.82, 2.24) is 5.32 Å². The van der Waals surface area contributed by atoms with Gasteiger partial charge in [0.1, 0.15) is 6.04 Å². The molecule has 0 heterocycles. The molecule has 104 valence electrons. The number of anilines is 1. The van der Waals surface area contributed by atoms with Crippen molar-refractivity contribution in [2.24, 2.45) is 0 Å². The molecule has 1 aromatic carbocycles. The average molecular weight is 350 g/mol. The van der Waals surface area contributed by atoms with Crippen LogP contribution in [0.3, 0.4) is 0 Å². The Balaban J connectivity index is 2.72. The third-order valence-corrected chi connectivity index (χ3v) is 3.21. The third-order valence-electron chi connectivity index (χ3n) is 2.29. The molecule has 0 saturated heterocycles. The topological polar surface area (TPSA) is 67.4 Å². The standard InChI is InChI=1S/C12H14BrClN2O3/c1-7(17)16-11(12(18)19-2)6-15-10-5-8(14)3-4-9(10)13/h3-5,11,15H,6H2,1-2H3,(H,16,17). The first-order chi connectivity index (χ1) is 8.93. The summed E-state index contributed by atoms with van der Waals surface area (Å²) in [6, 6.07) is 4.49. The van der Waals surface area contributed by atoms with Crippen LogP contribution in [0.25, 0.3) is 0 Å². The van der Waals surface area contributed by atoms with Gasteiger partial charge in [0.05, 0.1) is 7.11 Å². The maximum absolute atomic E-state index is 11.5. The van der Waals surface area contributed by atoms with E-state index in [4.69, 9.17) is 11.6 Å². The highest BCUT2D eigenvalue weighted by atomic mass is 79.9. The molecule has 0 aliphatic rings. The van der Waals surface area contributed by atoms with E-state index >= 15 is 0 Å². The summed E-state index contributed by atoms with van der Waals surface area (Å²) in [5, 5.41) is 6.11. The molecule has 5 nitrogen and oxygen atoms in total. The van der Waals surface area contributed by atoms with Gasteiger partial charge in [0.15, 0.2) is 0 Å². The molecule has 1 atom stereocenters. The van der Waals surface area contributed by atoms with Crippen molar-refractivity contribution in [3.8, 4) is 0 Å². The molecule has 0 saturated carbocycles. The maximum Gasteiger partial charge on any atom is 0.330 e. The molecule has 19 heavy (non-hydrogen) atoms. The number of nitrogens with one attached hydrogen (secondary N) is 2. The van der Waals surface area contributed by atoms with Gasteiger partial charge in [-0.2, -0.15) is 0 Å². The molecule has 1 rings (SSSR count). The SMILES string of the molecule is COC(=O)C(CNc1cc(Cl)ccc1Br)NC(C)=O. The smallest absolute Gasteiger partial charge is 0.330 e. The lowest BCUT2D eigenvalue weighted by atomic mass is 10.2. The number of carbonyl (C=O) groups excluding carboxylic acids is 2. The van der Waals surface area contributed by atoms with Gasteiger partial charge in [-0.1, -0.05) is 11.6 Å². The second-order valence-electron chi connectivity index (χ2n) is 3.78. The van der Waals surface area contributed by atoms with E-state index in [1.807, 2.05) is 0 Å². The zero-order valence-electron chi connectivity index (χ0n) is 10.5. The number of carbonyl (C=O) groups is 2. The summed E-state index contributed by atoms with van der Waals surface area (Å²) >= 11 is 9.24. The van der Waals surface area contributed by atoms with Crippen molar-refractivity contribution < 1.29 is 14.3 Å². The number of hydrogen-bond donors (Lipinski definition) is 2. The Hall–Kier alpha value is -1.27. The fraction of sp³-hybridized carbons (Fsp3) is 0.333. The quantitative estimate of drug-likeness (QED) is 0.800. The molecule has 1 amide bonds. The number of benzene rings is 1. The van der Waals surface area contributed by atoms with Crippen molar-refractivity contribution in [1.29, 1.82) is 0 Å². The number of halogens is 2. The zero-order chi connectivity index (χ0) is 14.4. The number of esters is 1. The minimum atomic E-state index is -0.756. The first-order valence-corrected chi connectivity index (χ1v) is 6.65. The number of ether oxygens (including phenoxy) is 1. The highest BCUT2D eigenvalue weighted by molar-refractivity contribution is 9.10. The van der Waals surface area contributed by atoms with Crippen LogP contribution < -0.4 is 10.6 Å². The van der Waals surface area contributed by atoms with Crippen molar-refractivity contribution in [3.63, 3.8) is 0 Å². The van der Waals surface area contributed by atoms with Crippen LogP contribution in [0.1, 0.15) is 6.92 Å². The Kier molecular flexibility index (Phi) is 6.11. The first-order valence-electron chi connectivity index (χ1n) is 5.48. The van der Waals surface area contributed by atoms with Crippen LogP contribution in [-0.2, 0) is 14.3 Å². The summed E-state index contributed by atoms with van der Waals surface area (Å²) in [7, 11) is 1.27. The predicted molar refractivity (Wildman–Crippen MR) is 77.3 cm³/mol. The Morgan fingerprint density at radius 2 is 2.16 bits per heavy atom. The maximum atomic E-state index is 11.5. The Morgan fingerprint density at radius 3 is 2.74 bits per heavy atom. The Morgan fingerprint density at radius 1 is 1.47 bits per heavy atom. The minimum absolute atomic E-state index is 0.200. The lowest BCUT2D eigenvalue weighted by molar-refractivity contribution is -0.144. The van der Waals surface area contributed by atoms with E-state index in [1.54, 1.807) is 18.2 Å². The van der Waals surface area contributed by atoms with Crippen LogP contribution in [0.4, 0.5) is 5.69 Å². The number of hydrogen-bond acceptors (Lipinski definition) is 4. The van der Waals surface area contributed by atoms with Gasteiger partial charge >= 0.3 is 5.97 Å². The molecule has 0 fully saturated rings. The van der Waals surface area contributed by atoms with Crippen molar-refractivity contribution in [2.45, 2.75) is 13.0 Å². The van der Waals surface area contributed by atoms with Gasteiger partial charge in [-0.05, 0) is 34.1 Å². The summed E-state index contributed by atoms with van der Waals surface area (Å²) in [6.07, 6.45) is 0. The zero-order valence-corrected chi connectivity index (χ0v) is 12.8. The van der Waals surface area contributed by atoms with Gasteiger partial charge < -0.3 is 15.4 Å². The lowest BCUT2D eigenvalue weighted by Crippen LogP contribution is -2.45. The first kappa shape index (κ1) is 15.8. The normalized spacial score (nSPS) is 11.6. The molecule has 7 heteroatoms. The molecule has 1 aromatic rings. The van der Waals surface area contributed by atoms with Gasteiger partial charge in [0, 0.05) is 28.7 Å². The van der Waals surface area contributed by atoms with Gasteiger partial charge in [0.25, 0.3) is 0 Å². The molecule has 0 radical (unpaired) electrons. The van der Waals surface area contributed by atoms with Gasteiger partial charge in [-0.25, -0.2) is 4.79 Å². The Bertz CT molecular complexity index is 482. The summed E-state index contributed by atoms with van der Waals surface area (Å²) in [5.41, 5.74) is 0.728. The summed E-state index contributed by atoms with van der Waals surface area (Å²) in [5.74, 6) is -0.816. The number of methoxy groups -OCH3 is 1. The van der Waals surface area contributed by atoms with Gasteiger partial charge in [-0.3, -0.25) is 4.79 Å². The largest absolute Gasteiger partial charge is 0.467 e. The molecule has 0 aliphatic carbocycles. The van der Waals surface area contributed by atoms with Crippen LogP contribution in [0.15, 0.2) is 22.7 Å². The van der Waals surface area contributed by atoms with Crippen LogP contribution in [0, 0.1) is 0 Å². The molecular formula is C12H14BrClN2O3. The van der Waals surface area contributed by atoms with Gasteiger partial charge in [0.2, 0.25) is 5.91 Å². The molecule has 2 N–H and O–H groups in total. The van der Waals surface area contributed by atoms with E-state index in [1.165, 1.54) is 14.0 Å². The van der Waals surface area contributed by atoms with E-state index in [-0.39, 0.29) is 12.5 Å². The summed E-state index contributed by atoms with van der Waals surface area (Å²) in [6.45, 7) is 1.54. The second-order valence-corrected chi connectivity index (χ2v) is 5.07. The summed E-state index contributed by atoms with van der Waals surface area (Å²) < 4.78 is 5.43. The minimum Gasteiger partial charge on any atom is -0.467 e. The van der Waals surface area contributed by atoms with E-state index in [2.05, 4.69) is 31.3 Å². The predicted octanol–water partition coefficient (Wildman–Crippen LogP) is 2.19. The monoisotopic (exact) mass is 348 g/mol. The van der Waals surface area contributed by atoms with Gasteiger partial charge in [-0.15, -0.1) is 0 Å². The molecular weight excluding hydrogens is 336 g/mol. The number of rotatable bonds is 5. The number of amides is 1. The second kappa shape index (κ2) is 7.35. The van der Waals surface area contributed by atoms with Crippen LogP contribution >= 0.6 is 27.5 Å².